The molecule has 0 heterocycles. The lowest BCUT2D eigenvalue weighted by Gasteiger charge is -2.19. The summed E-state index contributed by atoms with van der Waals surface area (Å²) in [5, 5.41) is 0. The van der Waals surface area contributed by atoms with E-state index in [0.717, 1.165) is 18.4 Å². The van der Waals surface area contributed by atoms with Crippen molar-refractivity contribution in [3.05, 3.63) is 29.8 Å². The van der Waals surface area contributed by atoms with Crippen LogP contribution >= 0.6 is 0 Å². The van der Waals surface area contributed by atoms with Crippen LogP contribution in [0.2, 0.25) is 0 Å². The smallest absolute Gasteiger partial charge is 0.0280 e. The van der Waals surface area contributed by atoms with Crippen LogP contribution in [0.1, 0.15) is 32.8 Å². The predicted molar refractivity (Wildman–Crippen MR) is 61.4 cm³/mol. The standard InChI is InChI=1S/C12H18O2S/c1-12(2,3)9-8-10-6-4-5-7-11(10)15(13)14/h4-7H,8-9H2,1-3H3,(H,13,14)/p-1. The van der Waals surface area contributed by atoms with E-state index in [1.54, 1.807) is 12.1 Å². The number of benzene rings is 1. The van der Waals surface area contributed by atoms with Crippen molar-refractivity contribution in [1.29, 1.82) is 0 Å². The minimum absolute atomic E-state index is 0.234. The molecule has 3 heteroatoms. The average molecular weight is 225 g/mol. The van der Waals surface area contributed by atoms with Crippen molar-refractivity contribution in [3.63, 3.8) is 0 Å². The Morgan fingerprint density at radius 1 is 1.27 bits per heavy atom. The van der Waals surface area contributed by atoms with Gasteiger partial charge in [0.1, 0.15) is 0 Å². The van der Waals surface area contributed by atoms with Crippen LogP contribution in [0.15, 0.2) is 29.2 Å². The van der Waals surface area contributed by atoms with Gasteiger partial charge in [-0.25, -0.2) is 0 Å². The highest BCUT2D eigenvalue weighted by molar-refractivity contribution is 7.79. The Morgan fingerprint density at radius 2 is 1.87 bits per heavy atom. The van der Waals surface area contributed by atoms with Gasteiger partial charge in [0.25, 0.3) is 0 Å². The summed E-state index contributed by atoms with van der Waals surface area (Å²) in [6.45, 7) is 6.47. The zero-order chi connectivity index (χ0) is 11.5. The molecule has 15 heavy (non-hydrogen) atoms. The second kappa shape index (κ2) is 4.90. The Kier molecular flexibility index (Phi) is 4.05. The summed E-state index contributed by atoms with van der Waals surface area (Å²) < 4.78 is 21.9. The molecule has 0 saturated heterocycles. The Labute approximate surface area is 94.0 Å². The number of hydrogen-bond acceptors (Lipinski definition) is 2. The lowest BCUT2D eigenvalue weighted by Crippen LogP contribution is -2.07. The quantitative estimate of drug-likeness (QED) is 0.742. The molecule has 0 aliphatic rings. The van der Waals surface area contributed by atoms with E-state index in [4.69, 9.17) is 0 Å². The molecule has 0 aliphatic carbocycles. The van der Waals surface area contributed by atoms with Crippen molar-refractivity contribution >= 4 is 11.1 Å². The molecule has 0 aromatic heterocycles. The fourth-order valence-electron chi connectivity index (χ4n) is 1.38. The highest BCUT2D eigenvalue weighted by Crippen LogP contribution is 2.23. The summed E-state index contributed by atoms with van der Waals surface area (Å²) in [7, 11) is 0. The lowest BCUT2D eigenvalue weighted by molar-refractivity contribution is 0.377. The van der Waals surface area contributed by atoms with Crippen LogP contribution in [0.3, 0.4) is 0 Å². The van der Waals surface area contributed by atoms with Crippen LogP contribution in [0.5, 0.6) is 0 Å². The van der Waals surface area contributed by atoms with Gasteiger partial charge in [-0.05, 0) is 41.0 Å². The highest BCUT2D eigenvalue weighted by atomic mass is 32.2. The van der Waals surface area contributed by atoms with Crippen LogP contribution < -0.4 is 0 Å². The first-order chi connectivity index (χ1) is 6.90. The monoisotopic (exact) mass is 225 g/mol. The van der Waals surface area contributed by atoms with E-state index in [9.17, 15) is 8.76 Å². The van der Waals surface area contributed by atoms with Crippen molar-refractivity contribution in [2.24, 2.45) is 5.41 Å². The fraction of sp³-hybridized carbons (Fsp3) is 0.500. The molecule has 1 unspecified atom stereocenters. The zero-order valence-electron chi connectivity index (χ0n) is 9.45. The minimum Gasteiger partial charge on any atom is -0.768 e. The normalized spacial score (nSPS) is 13.9. The Morgan fingerprint density at radius 3 is 2.40 bits per heavy atom. The third kappa shape index (κ3) is 4.14. The van der Waals surface area contributed by atoms with E-state index in [-0.39, 0.29) is 5.41 Å². The predicted octanol–water partition coefficient (Wildman–Crippen LogP) is 2.90. The fourth-order valence-corrected chi connectivity index (χ4v) is 1.96. The van der Waals surface area contributed by atoms with Crippen LogP contribution in [0.25, 0.3) is 0 Å². The summed E-state index contributed by atoms with van der Waals surface area (Å²) >= 11 is -2.12. The maximum absolute atomic E-state index is 10.9. The first kappa shape index (κ1) is 12.4. The first-order valence-electron chi connectivity index (χ1n) is 5.07. The second-order valence-corrected chi connectivity index (χ2v) is 5.81. The van der Waals surface area contributed by atoms with Gasteiger partial charge in [-0.15, -0.1) is 0 Å². The number of rotatable bonds is 3. The molecule has 1 aromatic carbocycles. The molecule has 84 valence electrons. The topological polar surface area (TPSA) is 40.1 Å². The van der Waals surface area contributed by atoms with Gasteiger partial charge in [-0.3, -0.25) is 4.21 Å². The van der Waals surface area contributed by atoms with Gasteiger partial charge in [-0.1, -0.05) is 39.0 Å². The van der Waals surface area contributed by atoms with Gasteiger partial charge in [0.05, 0.1) is 0 Å². The Hall–Kier alpha value is -0.670. The van der Waals surface area contributed by atoms with Crippen LogP contribution in [0.4, 0.5) is 0 Å². The van der Waals surface area contributed by atoms with Crippen molar-refractivity contribution in [3.8, 4) is 0 Å². The summed E-state index contributed by atoms with van der Waals surface area (Å²) in [5.74, 6) is 0. The van der Waals surface area contributed by atoms with Gasteiger partial charge < -0.3 is 4.55 Å². The van der Waals surface area contributed by atoms with E-state index in [0.29, 0.717) is 4.90 Å². The van der Waals surface area contributed by atoms with Crippen LogP contribution in [-0.4, -0.2) is 8.76 Å². The Bertz CT molecular complexity index is 353. The highest BCUT2D eigenvalue weighted by Gasteiger charge is 2.11. The molecule has 0 radical (unpaired) electrons. The molecule has 0 saturated carbocycles. The molecule has 0 spiro atoms. The van der Waals surface area contributed by atoms with Crippen LogP contribution in [0, 0.1) is 5.41 Å². The van der Waals surface area contributed by atoms with E-state index in [1.807, 2.05) is 12.1 Å². The molecule has 1 aromatic rings. The molecule has 0 amide bonds. The largest absolute Gasteiger partial charge is 0.768 e. The van der Waals surface area contributed by atoms with Crippen molar-refractivity contribution in [2.45, 2.75) is 38.5 Å². The maximum atomic E-state index is 10.9. The second-order valence-electron chi connectivity index (χ2n) is 4.90. The minimum atomic E-state index is -2.12. The third-order valence-electron chi connectivity index (χ3n) is 2.30. The zero-order valence-corrected chi connectivity index (χ0v) is 10.3. The first-order valence-corrected chi connectivity index (χ1v) is 6.15. The van der Waals surface area contributed by atoms with Crippen molar-refractivity contribution in [1.82, 2.24) is 0 Å². The van der Waals surface area contributed by atoms with Gasteiger partial charge in [0.2, 0.25) is 0 Å². The van der Waals surface area contributed by atoms with E-state index >= 15 is 0 Å². The SMILES string of the molecule is CC(C)(C)CCc1ccccc1S(=O)[O-]. The number of aryl methyl sites for hydroxylation is 1. The van der Waals surface area contributed by atoms with Crippen molar-refractivity contribution < 1.29 is 8.76 Å². The summed E-state index contributed by atoms with van der Waals surface area (Å²) in [5.41, 5.74) is 1.15. The molecule has 2 nitrogen and oxygen atoms in total. The van der Waals surface area contributed by atoms with Gasteiger partial charge in [0, 0.05) is 4.90 Å². The molecule has 1 atom stereocenters. The molecule has 1 rings (SSSR count). The van der Waals surface area contributed by atoms with E-state index in [1.165, 1.54) is 0 Å². The van der Waals surface area contributed by atoms with E-state index < -0.39 is 11.1 Å². The molecule has 0 aliphatic heterocycles. The third-order valence-corrected chi connectivity index (χ3v) is 3.05. The maximum Gasteiger partial charge on any atom is 0.0280 e. The van der Waals surface area contributed by atoms with Gasteiger partial charge in [-0.2, -0.15) is 0 Å². The van der Waals surface area contributed by atoms with Crippen LogP contribution in [-0.2, 0) is 17.5 Å². The lowest BCUT2D eigenvalue weighted by atomic mass is 9.89. The molecular formula is C12H17O2S-. The van der Waals surface area contributed by atoms with Gasteiger partial charge >= 0.3 is 0 Å². The van der Waals surface area contributed by atoms with E-state index in [2.05, 4.69) is 20.8 Å². The molecular weight excluding hydrogens is 208 g/mol. The van der Waals surface area contributed by atoms with Crippen molar-refractivity contribution in [2.75, 3.05) is 0 Å². The summed E-state index contributed by atoms with van der Waals surface area (Å²) in [6.07, 6.45) is 1.80. The molecule has 0 fully saturated rings. The summed E-state index contributed by atoms with van der Waals surface area (Å²) in [6, 6.07) is 7.18. The number of hydrogen-bond donors (Lipinski definition) is 0. The molecule has 0 N–H and O–H groups in total. The summed E-state index contributed by atoms with van der Waals surface area (Å²) in [4.78, 5) is 0.432. The Balaban J connectivity index is 2.81. The molecule has 0 bridgehead atoms. The van der Waals surface area contributed by atoms with Gasteiger partial charge in [0.15, 0.2) is 0 Å². The average Bonchev–Trinajstić information content (AvgIpc) is 2.14.